The van der Waals surface area contributed by atoms with Crippen molar-refractivity contribution in [3.05, 3.63) is 47.7 Å². The van der Waals surface area contributed by atoms with Gasteiger partial charge in [-0.25, -0.2) is 4.99 Å². The third kappa shape index (κ3) is 3.83. The fourth-order valence-electron chi connectivity index (χ4n) is 1.77. The highest BCUT2D eigenvalue weighted by Gasteiger charge is 2.13. The molecule has 19 heavy (non-hydrogen) atoms. The highest BCUT2D eigenvalue weighted by Crippen LogP contribution is 2.22. The Morgan fingerprint density at radius 2 is 1.95 bits per heavy atom. The number of rotatable bonds is 2. The summed E-state index contributed by atoms with van der Waals surface area (Å²) in [6.45, 7) is 7.09. The number of amidine groups is 1. The van der Waals surface area contributed by atoms with Crippen LogP contribution in [0.2, 0.25) is 0 Å². The van der Waals surface area contributed by atoms with E-state index in [9.17, 15) is 0 Å². The Morgan fingerprint density at radius 3 is 2.53 bits per heavy atom. The first-order chi connectivity index (χ1) is 8.95. The van der Waals surface area contributed by atoms with Crippen LogP contribution in [0.25, 0.3) is 0 Å². The van der Waals surface area contributed by atoms with Crippen molar-refractivity contribution in [3.63, 3.8) is 0 Å². The van der Waals surface area contributed by atoms with E-state index in [2.05, 4.69) is 55.3 Å². The fourth-order valence-corrected chi connectivity index (χ4v) is 1.77. The van der Waals surface area contributed by atoms with Crippen LogP contribution in [0.5, 0.6) is 0 Å². The normalized spacial score (nSPS) is 18.7. The molecule has 4 nitrogen and oxygen atoms in total. The van der Waals surface area contributed by atoms with Gasteiger partial charge in [0, 0.05) is 6.20 Å². The van der Waals surface area contributed by atoms with E-state index in [0.29, 0.717) is 12.6 Å². The Balaban J connectivity index is 1.94. The summed E-state index contributed by atoms with van der Waals surface area (Å²) in [6.07, 6.45) is 3.19. The van der Waals surface area contributed by atoms with Crippen LogP contribution in [-0.2, 0) is 16.8 Å². The SMILES string of the molecule is CC(C)(C)c1ccc(COC2=NC(N)C=CN2)cc1. The Bertz CT molecular complexity index is 483. The van der Waals surface area contributed by atoms with Gasteiger partial charge in [0.25, 0.3) is 6.02 Å². The van der Waals surface area contributed by atoms with Gasteiger partial charge in [-0.1, -0.05) is 45.0 Å². The zero-order valence-corrected chi connectivity index (χ0v) is 11.7. The predicted molar refractivity (Wildman–Crippen MR) is 77.6 cm³/mol. The number of aliphatic imine (C=N–C) groups is 1. The lowest BCUT2D eigenvalue weighted by atomic mass is 9.87. The van der Waals surface area contributed by atoms with Gasteiger partial charge in [0.2, 0.25) is 0 Å². The van der Waals surface area contributed by atoms with Crippen molar-refractivity contribution >= 4 is 6.02 Å². The first-order valence-electron chi connectivity index (χ1n) is 6.44. The topological polar surface area (TPSA) is 59.6 Å². The van der Waals surface area contributed by atoms with Gasteiger partial charge in [0.15, 0.2) is 0 Å². The molecule has 0 bridgehead atoms. The van der Waals surface area contributed by atoms with Crippen LogP contribution >= 0.6 is 0 Å². The lowest BCUT2D eigenvalue weighted by molar-refractivity contribution is 0.277. The Morgan fingerprint density at radius 1 is 1.26 bits per heavy atom. The average Bonchev–Trinajstić information content (AvgIpc) is 2.36. The minimum absolute atomic E-state index is 0.173. The van der Waals surface area contributed by atoms with Gasteiger partial charge in [0.05, 0.1) is 0 Å². The van der Waals surface area contributed by atoms with E-state index in [-0.39, 0.29) is 11.6 Å². The fraction of sp³-hybridized carbons (Fsp3) is 0.400. The molecule has 1 aliphatic rings. The molecule has 0 fully saturated rings. The quantitative estimate of drug-likeness (QED) is 0.856. The highest BCUT2D eigenvalue weighted by atomic mass is 16.5. The third-order valence-electron chi connectivity index (χ3n) is 2.96. The van der Waals surface area contributed by atoms with Crippen LogP contribution in [0.3, 0.4) is 0 Å². The summed E-state index contributed by atoms with van der Waals surface area (Å²) >= 11 is 0. The second-order valence-corrected chi connectivity index (χ2v) is 5.66. The minimum atomic E-state index is -0.320. The van der Waals surface area contributed by atoms with Crippen molar-refractivity contribution in [1.82, 2.24) is 5.32 Å². The van der Waals surface area contributed by atoms with E-state index >= 15 is 0 Å². The third-order valence-corrected chi connectivity index (χ3v) is 2.96. The van der Waals surface area contributed by atoms with Gasteiger partial charge in [-0.2, -0.15) is 0 Å². The predicted octanol–water partition coefficient (Wildman–Crippen LogP) is 2.26. The zero-order valence-electron chi connectivity index (χ0n) is 11.7. The summed E-state index contributed by atoms with van der Waals surface area (Å²) in [5.74, 6) is 0. The molecule has 2 rings (SSSR count). The van der Waals surface area contributed by atoms with Crippen molar-refractivity contribution in [2.24, 2.45) is 10.7 Å². The maximum absolute atomic E-state index is 5.67. The van der Waals surface area contributed by atoms with Crippen LogP contribution in [0, 0.1) is 0 Å². The number of hydrogen-bond donors (Lipinski definition) is 2. The highest BCUT2D eigenvalue weighted by molar-refractivity contribution is 5.75. The first-order valence-corrected chi connectivity index (χ1v) is 6.44. The largest absolute Gasteiger partial charge is 0.460 e. The molecule has 0 spiro atoms. The van der Waals surface area contributed by atoms with Crippen molar-refractivity contribution < 1.29 is 4.74 Å². The number of nitrogens with zero attached hydrogens (tertiary/aromatic N) is 1. The van der Waals surface area contributed by atoms with Crippen molar-refractivity contribution in [2.75, 3.05) is 0 Å². The molecule has 0 aliphatic carbocycles. The average molecular weight is 259 g/mol. The summed E-state index contributed by atoms with van der Waals surface area (Å²) in [7, 11) is 0. The number of ether oxygens (including phenoxy) is 1. The van der Waals surface area contributed by atoms with E-state index in [1.165, 1.54) is 5.56 Å². The number of hydrogen-bond acceptors (Lipinski definition) is 4. The van der Waals surface area contributed by atoms with Gasteiger partial charge in [-0.15, -0.1) is 0 Å². The second kappa shape index (κ2) is 5.45. The van der Waals surface area contributed by atoms with Crippen LogP contribution in [0.1, 0.15) is 31.9 Å². The van der Waals surface area contributed by atoms with Gasteiger partial charge in [0.1, 0.15) is 12.8 Å². The smallest absolute Gasteiger partial charge is 0.290 e. The zero-order chi connectivity index (χ0) is 13.9. The Kier molecular flexibility index (Phi) is 3.90. The Hall–Kier alpha value is -1.81. The maximum atomic E-state index is 5.67. The molecular formula is C15H21N3O. The summed E-state index contributed by atoms with van der Waals surface area (Å²) in [5, 5.41) is 2.92. The lowest BCUT2D eigenvalue weighted by Gasteiger charge is -2.19. The number of nitrogens with one attached hydrogen (secondary N) is 1. The van der Waals surface area contributed by atoms with E-state index in [0.717, 1.165) is 5.56 Å². The molecule has 4 heteroatoms. The molecular weight excluding hydrogens is 238 g/mol. The van der Waals surface area contributed by atoms with E-state index in [1.54, 1.807) is 12.3 Å². The summed E-state index contributed by atoms with van der Waals surface area (Å²) in [6, 6.07) is 8.91. The first kappa shape index (κ1) is 13.6. The second-order valence-electron chi connectivity index (χ2n) is 5.66. The summed E-state index contributed by atoms with van der Waals surface area (Å²) < 4.78 is 5.57. The summed E-state index contributed by atoms with van der Waals surface area (Å²) in [5.41, 5.74) is 8.27. The summed E-state index contributed by atoms with van der Waals surface area (Å²) in [4.78, 5) is 4.13. The maximum Gasteiger partial charge on any atom is 0.290 e. The van der Waals surface area contributed by atoms with Gasteiger partial charge >= 0.3 is 0 Å². The van der Waals surface area contributed by atoms with Crippen LogP contribution in [0.4, 0.5) is 0 Å². The van der Waals surface area contributed by atoms with Gasteiger partial charge in [-0.3, -0.25) is 0 Å². The molecule has 0 saturated carbocycles. The lowest BCUT2D eigenvalue weighted by Crippen LogP contribution is -2.30. The van der Waals surface area contributed by atoms with E-state index in [4.69, 9.17) is 10.5 Å². The molecule has 1 atom stereocenters. The van der Waals surface area contributed by atoms with E-state index < -0.39 is 0 Å². The standard InChI is InChI=1S/C15H21N3O/c1-15(2,3)12-6-4-11(5-7-12)10-19-14-17-9-8-13(16)18-14/h4-9,13H,10,16H2,1-3H3,(H,17,18). The van der Waals surface area contributed by atoms with E-state index in [1.807, 2.05) is 0 Å². The van der Waals surface area contributed by atoms with Crippen LogP contribution < -0.4 is 11.1 Å². The molecule has 1 aromatic rings. The molecule has 3 N–H and O–H groups in total. The van der Waals surface area contributed by atoms with Gasteiger partial charge < -0.3 is 15.8 Å². The molecule has 1 heterocycles. The van der Waals surface area contributed by atoms with Crippen LogP contribution in [0.15, 0.2) is 41.5 Å². The number of benzene rings is 1. The van der Waals surface area contributed by atoms with Crippen molar-refractivity contribution in [3.8, 4) is 0 Å². The molecule has 0 amide bonds. The molecule has 1 aliphatic heterocycles. The number of nitrogens with two attached hydrogens (primary N) is 1. The molecule has 0 saturated heterocycles. The monoisotopic (exact) mass is 259 g/mol. The van der Waals surface area contributed by atoms with Crippen LogP contribution in [-0.4, -0.2) is 12.2 Å². The minimum Gasteiger partial charge on any atom is -0.460 e. The molecule has 0 radical (unpaired) electrons. The Labute approximate surface area is 114 Å². The van der Waals surface area contributed by atoms with Gasteiger partial charge in [-0.05, 0) is 22.6 Å². The molecule has 1 aromatic carbocycles. The molecule has 0 aromatic heterocycles. The van der Waals surface area contributed by atoms with Crippen molar-refractivity contribution in [1.29, 1.82) is 0 Å². The molecule has 102 valence electrons. The molecule has 1 unspecified atom stereocenters. The van der Waals surface area contributed by atoms with Crippen molar-refractivity contribution in [2.45, 2.75) is 39.0 Å².